The fourth-order valence-corrected chi connectivity index (χ4v) is 4.29. The number of hydrogen-bond donors (Lipinski definition) is 2. The van der Waals surface area contributed by atoms with Crippen LogP contribution < -0.4 is 20.9 Å². The highest BCUT2D eigenvalue weighted by Crippen LogP contribution is 2.09. The van der Waals surface area contributed by atoms with E-state index < -0.39 is 5.56 Å². The van der Waals surface area contributed by atoms with E-state index >= 15 is 0 Å². The van der Waals surface area contributed by atoms with Crippen LogP contribution in [0.5, 0.6) is 0 Å². The van der Waals surface area contributed by atoms with Crippen molar-refractivity contribution in [3.63, 3.8) is 0 Å². The van der Waals surface area contributed by atoms with E-state index in [1.165, 1.54) is 27.7 Å². The van der Waals surface area contributed by atoms with E-state index in [2.05, 4.69) is 17.0 Å². The molecule has 0 spiro atoms. The molecule has 0 aliphatic carbocycles. The van der Waals surface area contributed by atoms with Crippen LogP contribution in [-0.4, -0.2) is 38.7 Å². The molecule has 0 atom stereocenters. The summed E-state index contributed by atoms with van der Waals surface area (Å²) in [5.41, 5.74) is 1.64. The van der Waals surface area contributed by atoms with Crippen LogP contribution in [0.1, 0.15) is 37.3 Å². The Hall–Kier alpha value is -3.00. The lowest BCUT2D eigenvalue weighted by Crippen LogP contribution is -2.47. The highest BCUT2D eigenvalue weighted by atomic mass is 32.1. The van der Waals surface area contributed by atoms with Gasteiger partial charge in [0.2, 0.25) is 11.0 Å². The molecule has 3 aliphatic heterocycles. The number of nitrogens with zero attached hydrogens (tertiary/aromatic N) is 3. The number of carbonyl (C=O) groups excluding carboxylic acids is 1. The van der Waals surface area contributed by atoms with Gasteiger partial charge in [0.25, 0.3) is 5.56 Å². The molecule has 4 rings (SSSR count). The molecule has 1 saturated heterocycles. The number of rotatable bonds is 3. The van der Waals surface area contributed by atoms with Crippen LogP contribution in [0.25, 0.3) is 17.3 Å². The Morgan fingerprint density at radius 2 is 1.97 bits per heavy atom. The highest BCUT2D eigenvalue weighted by Gasteiger charge is 2.15. The smallest absolute Gasteiger partial charge is 0.283 e. The van der Waals surface area contributed by atoms with Gasteiger partial charge < -0.3 is 4.90 Å². The van der Waals surface area contributed by atoms with Gasteiger partial charge in [-0.3, -0.25) is 20.1 Å². The number of likely N-dealkylation sites (tertiary alicyclic amines) is 1. The van der Waals surface area contributed by atoms with Crippen LogP contribution in [0.3, 0.4) is 0 Å². The van der Waals surface area contributed by atoms with Crippen LogP contribution in [0, 0.1) is 5.41 Å². The molecule has 3 aliphatic rings. The number of carbonyl (C=O) groups is 1. The van der Waals surface area contributed by atoms with Crippen LogP contribution in [0.4, 0.5) is 0 Å². The summed E-state index contributed by atoms with van der Waals surface area (Å²) in [4.78, 5) is 30.9. The fraction of sp³-hybridized carbons (Fsp3) is 0.333. The minimum absolute atomic E-state index is 0.0286. The fourth-order valence-electron chi connectivity index (χ4n) is 3.44. The third-order valence-corrected chi connectivity index (χ3v) is 6.03. The molecule has 3 heterocycles. The third kappa shape index (κ3) is 4.07. The van der Waals surface area contributed by atoms with Gasteiger partial charge in [-0.25, -0.2) is 4.68 Å². The molecule has 0 bridgehead atoms. The van der Waals surface area contributed by atoms with E-state index in [0.29, 0.717) is 9.79 Å². The molecule has 0 radical (unpaired) electrons. The summed E-state index contributed by atoms with van der Waals surface area (Å²) in [5.74, 6) is -0.0511. The molecule has 0 unspecified atom stereocenters. The minimum Gasteiger partial charge on any atom is -0.339 e. The van der Waals surface area contributed by atoms with E-state index in [1.54, 1.807) is 6.08 Å². The highest BCUT2D eigenvalue weighted by molar-refractivity contribution is 7.11. The first-order valence-corrected chi connectivity index (χ1v) is 10.6. The van der Waals surface area contributed by atoms with Crippen LogP contribution in [0.15, 0.2) is 29.1 Å². The maximum atomic E-state index is 12.5. The van der Waals surface area contributed by atoms with Crippen LogP contribution >= 0.6 is 11.3 Å². The van der Waals surface area contributed by atoms with Crippen molar-refractivity contribution in [2.45, 2.75) is 32.6 Å². The summed E-state index contributed by atoms with van der Waals surface area (Å²) in [6.07, 6.45) is 7.37. The third-order valence-electron chi connectivity index (χ3n) is 5.14. The summed E-state index contributed by atoms with van der Waals surface area (Å²) in [6.45, 7) is 3.63. The monoisotopic (exact) mass is 409 g/mol. The zero-order valence-corrected chi connectivity index (χ0v) is 17.1. The Morgan fingerprint density at radius 3 is 2.66 bits per heavy atom. The Bertz CT molecular complexity index is 1230. The average Bonchev–Trinajstić information content (AvgIpc) is 3.14. The van der Waals surface area contributed by atoms with E-state index in [0.717, 1.165) is 44.3 Å². The van der Waals surface area contributed by atoms with Gasteiger partial charge in [-0.1, -0.05) is 42.5 Å². The molecule has 1 fully saturated rings. The molecule has 29 heavy (non-hydrogen) atoms. The molecule has 2 N–H and O–H groups in total. The summed E-state index contributed by atoms with van der Waals surface area (Å²) < 4.78 is 2.03. The number of aryl methyl sites for hydroxylation is 1. The van der Waals surface area contributed by atoms with Crippen molar-refractivity contribution in [3.05, 3.63) is 61.1 Å². The molecule has 150 valence electrons. The number of fused-ring (bicyclic) bond motifs is 1. The summed E-state index contributed by atoms with van der Waals surface area (Å²) >= 11 is 1.20. The van der Waals surface area contributed by atoms with Gasteiger partial charge in [-0.2, -0.15) is 4.98 Å². The number of hydrogen-bond acceptors (Lipinski definition) is 5. The zero-order valence-electron chi connectivity index (χ0n) is 16.3. The molecule has 1 aromatic rings. The quantitative estimate of drug-likeness (QED) is 0.667. The van der Waals surface area contributed by atoms with Gasteiger partial charge in [0.1, 0.15) is 4.66 Å². The first-order valence-electron chi connectivity index (χ1n) is 9.83. The predicted octanol–water partition coefficient (Wildman–Crippen LogP) is 0.724. The summed E-state index contributed by atoms with van der Waals surface area (Å²) in [7, 11) is 0. The normalized spacial score (nSPS) is 16.0. The molecular formula is C21H23N5O2S. The Kier molecular flexibility index (Phi) is 5.44. The largest absolute Gasteiger partial charge is 0.339 e. The van der Waals surface area contributed by atoms with Gasteiger partial charge in [0, 0.05) is 19.2 Å². The topological polar surface area (TPSA) is 94.8 Å². The van der Waals surface area contributed by atoms with Crippen LogP contribution in [0.2, 0.25) is 0 Å². The lowest BCUT2D eigenvalue weighted by molar-refractivity contribution is -0.125. The van der Waals surface area contributed by atoms with Gasteiger partial charge in [-0.15, -0.1) is 0 Å². The van der Waals surface area contributed by atoms with Crippen molar-refractivity contribution in [1.82, 2.24) is 19.7 Å². The number of H-pyrrole nitrogens is 1. The van der Waals surface area contributed by atoms with Gasteiger partial charge in [0.05, 0.1) is 5.22 Å². The second kappa shape index (κ2) is 8.16. The standard InChI is InChI=1S/C21H23N5O2S/c1-2-14-6-8-15(9-7-14)12-16-19(22)26-21(23-20(16)28)29-17(24-26)13-18(27)25-10-4-3-5-11-25/h6-9,12-13,22,24H,2-5,10-11H2,1H3/b16-12+,17-13+,22-19?. The minimum atomic E-state index is -0.446. The number of benzene rings is 1. The summed E-state index contributed by atoms with van der Waals surface area (Å²) in [5, 5.41) is 12.1. The maximum Gasteiger partial charge on any atom is 0.283 e. The van der Waals surface area contributed by atoms with E-state index in [-0.39, 0.29) is 16.6 Å². The number of aromatic nitrogens is 3. The van der Waals surface area contributed by atoms with Crippen LogP contribution in [-0.2, 0) is 11.2 Å². The van der Waals surface area contributed by atoms with Gasteiger partial charge in [-0.05, 0) is 42.9 Å². The van der Waals surface area contributed by atoms with E-state index in [4.69, 9.17) is 5.41 Å². The number of nitrogens with one attached hydrogen (secondary N) is 2. The molecular weight excluding hydrogens is 386 g/mol. The molecule has 0 saturated carbocycles. The average molecular weight is 410 g/mol. The van der Waals surface area contributed by atoms with Gasteiger partial charge in [0.15, 0.2) is 5.49 Å². The number of amides is 1. The Balaban J connectivity index is 1.75. The second-order valence-corrected chi connectivity index (χ2v) is 8.15. The second-order valence-electron chi connectivity index (χ2n) is 7.15. The first-order chi connectivity index (χ1) is 14.0. The Labute approximate surface area is 171 Å². The van der Waals surface area contributed by atoms with Crippen molar-refractivity contribution in [3.8, 4) is 5.13 Å². The summed E-state index contributed by atoms with van der Waals surface area (Å²) in [6, 6.07) is 7.88. The van der Waals surface area contributed by atoms with Crippen molar-refractivity contribution in [2.75, 3.05) is 13.1 Å². The van der Waals surface area contributed by atoms with Gasteiger partial charge >= 0.3 is 0 Å². The first kappa shape index (κ1) is 19.3. The molecule has 0 aromatic heterocycles. The zero-order chi connectivity index (χ0) is 20.4. The molecule has 7 nitrogen and oxygen atoms in total. The Morgan fingerprint density at radius 1 is 1.24 bits per heavy atom. The van der Waals surface area contributed by atoms with E-state index in [9.17, 15) is 9.59 Å². The van der Waals surface area contributed by atoms with Crippen molar-refractivity contribution < 1.29 is 4.79 Å². The lowest BCUT2D eigenvalue weighted by atomic mass is 10.1. The molecule has 1 aromatic carbocycles. The van der Waals surface area contributed by atoms with Crippen molar-refractivity contribution in [1.29, 1.82) is 5.41 Å². The number of piperidine rings is 1. The predicted molar refractivity (Wildman–Crippen MR) is 113 cm³/mol. The molecule has 8 heteroatoms. The SMILES string of the molecule is CCc1ccc(/C=c2/c(=O)nc3s/c(=C/C(=O)N4CCCCC4)[nH]n-3c2=N)cc1. The van der Waals surface area contributed by atoms with E-state index in [1.807, 2.05) is 29.2 Å². The maximum absolute atomic E-state index is 12.5. The van der Waals surface area contributed by atoms with Crippen molar-refractivity contribution >= 4 is 29.4 Å². The number of aromatic amines is 1. The lowest BCUT2D eigenvalue weighted by Gasteiger charge is -2.25. The van der Waals surface area contributed by atoms with Crippen molar-refractivity contribution in [2.24, 2.45) is 0 Å². The molecule has 1 amide bonds.